The summed E-state index contributed by atoms with van der Waals surface area (Å²) in [7, 11) is 0. The molecule has 2 heterocycles. The lowest BCUT2D eigenvalue weighted by Gasteiger charge is -2.12. The van der Waals surface area contributed by atoms with Crippen LogP contribution in [0.4, 0.5) is 0 Å². The summed E-state index contributed by atoms with van der Waals surface area (Å²) in [5.41, 5.74) is 1.85. The van der Waals surface area contributed by atoms with Crippen LogP contribution >= 0.6 is 11.3 Å². The van der Waals surface area contributed by atoms with E-state index < -0.39 is 5.69 Å². The molecule has 0 fully saturated rings. The highest BCUT2D eigenvalue weighted by atomic mass is 32.1. The van der Waals surface area contributed by atoms with Crippen molar-refractivity contribution in [3.63, 3.8) is 0 Å². The number of fused-ring (bicyclic) bond motifs is 1. The first-order chi connectivity index (χ1) is 14.6. The van der Waals surface area contributed by atoms with Crippen LogP contribution in [0.25, 0.3) is 10.2 Å². The fraction of sp³-hybridized carbons (Fsp3) is 0.174. The molecule has 0 radical (unpaired) electrons. The lowest BCUT2D eigenvalue weighted by Crippen LogP contribution is -2.40. The van der Waals surface area contributed by atoms with Gasteiger partial charge >= 0.3 is 5.69 Å². The van der Waals surface area contributed by atoms with Gasteiger partial charge in [-0.1, -0.05) is 60.7 Å². The minimum atomic E-state index is -0.398. The smallest absolute Gasteiger partial charge is 0.331 e. The molecule has 0 atom stereocenters. The van der Waals surface area contributed by atoms with Crippen molar-refractivity contribution < 1.29 is 4.79 Å². The van der Waals surface area contributed by atoms with Crippen molar-refractivity contribution in [2.75, 3.05) is 0 Å². The van der Waals surface area contributed by atoms with E-state index in [-0.39, 0.29) is 24.4 Å². The Morgan fingerprint density at radius 1 is 0.867 bits per heavy atom. The highest BCUT2D eigenvalue weighted by Crippen LogP contribution is 2.16. The molecule has 0 bridgehead atoms. The van der Waals surface area contributed by atoms with Crippen molar-refractivity contribution in [1.82, 2.24) is 14.5 Å². The molecule has 1 N–H and O–H groups in total. The van der Waals surface area contributed by atoms with Crippen LogP contribution in [0.5, 0.6) is 0 Å². The van der Waals surface area contributed by atoms with Crippen molar-refractivity contribution in [2.24, 2.45) is 0 Å². The van der Waals surface area contributed by atoms with Crippen molar-refractivity contribution in [1.29, 1.82) is 0 Å². The van der Waals surface area contributed by atoms with E-state index in [0.717, 1.165) is 11.1 Å². The zero-order valence-electron chi connectivity index (χ0n) is 16.3. The van der Waals surface area contributed by atoms with E-state index in [1.165, 1.54) is 15.9 Å². The van der Waals surface area contributed by atoms with Gasteiger partial charge in [0.2, 0.25) is 5.91 Å². The summed E-state index contributed by atoms with van der Waals surface area (Å²) in [6.45, 7) is 0.824. The second-order valence-electron chi connectivity index (χ2n) is 6.96. The van der Waals surface area contributed by atoms with Crippen LogP contribution in [0.15, 0.2) is 81.7 Å². The van der Waals surface area contributed by atoms with Crippen LogP contribution in [0.2, 0.25) is 0 Å². The van der Waals surface area contributed by atoms with Crippen LogP contribution in [0.1, 0.15) is 17.5 Å². The van der Waals surface area contributed by atoms with E-state index in [4.69, 9.17) is 0 Å². The standard InChI is InChI=1S/C23H21N3O3S/c27-20(24-15-17-7-3-1-4-8-17)11-13-25-22(28)21-19(12-14-30-21)26(23(25)29)16-18-9-5-2-6-10-18/h1-10,12,14H,11,13,15-16H2,(H,24,27). The van der Waals surface area contributed by atoms with Gasteiger partial charge in [0, 0.05) is 19.5 Å². The van der Waals surface area contributed by atoms with Gasteiger partial charge in [-0.15, -0.1) is 11.3 Å². The average molecular weight is 420 g/mol. The SMILES string of the molecule is O=C(CCn1c(=O)c2sccc2n(Cc2ccccc2)c1=O)NCc1ccccc1. The number of nitrogens with one attached hydrogen (secondary N) is 1. The first-order valence-electron chi connectivity index (χ1n) is 9.69. The molecular weight excluding hydrogens is 398 g/mol. The summed E-state index contributed by atoms with van der Waals surface area (Å²) in [5.74, 6) is -0.203. The Morgan fingerprint density at radius 3 is 2.23 bits per heavy atom. The monoisotopic (exact) mass is 419 g/mol. The molecule has 0 aliphatic rings. The number of carbonyl (C=O) groups excluding carboxylic acids is 1. The lowest BCUT2D eigenvalue weighted by molar-refractivity contribution is -0.121. The van der Waals surface area contributed by atoms with Gasteiger partial charge in [-0.25, -0.2) is 4.79 Å². The van der Waals surface area contributed by atoms with E-state index in [2.05, 4.69) is 5.32 Å². The predicted octanol–water partition coefficient (Wildman–Crippen LogP) is 2.98. The second-order valence-corrected chi connectivity index (χ2v) is 7.87. The third-order valence-corrected chi connectivity index (χ3v) is 5.81. The molecule has 0 aliphatic carbocycles. The molecule has 7 heteroatoms. The zero-order valence-corrected chi connectivity index (χ0v) is 17.1. The number of hydrogen-bond donors (Lipinski definition) is 1. The number of rotatable bonds is 7. The quantitative estimate of drug-likeness (QED) is 0.501. The van der Waals surface area contributed by atoms with Crippen molar-refractivity contribution in [2.45, 2.75) is 26.1 Å². The Labute approximate surface area is 177 Å². The number of benzene rings is 2. The Hall–Kier alpha value is -3.45. The maximum atomic E-state index is 13.1. The van der Waals surface area contributed by atoms with Crippen LogP contribution < -0.4 is 16.6 Å². The number of hydrogen-bond acceptors (Lipinski definition) is 4. The third-order valence-electron chi connectivity index (χ3n) is 4.91. The minimum Gasteiger partial charge on any atom is -0.352 e. The maximum Gasteiger partial charge on any atom is 0.331 e. The molecule has 0 saturated carbocycles. The van der Waals surface area contributed by atoms with E-state index in [9.17, 15) is 14.4 Å². The lowest BCUT2D eigenvalue weighted by atomic mass is 10.2. The highest BCUT2D eigenvalue weighted by molar-refractivity contribution is 7.17. The Bertz CT molecular complexity index is 1270. The third kappa shape index (κ3) is 4.26. The van der Waals surface area contributed by atoms with Crippen LogP contribution in [-0.4, -0.2) is 15.0 Å². The van der Waals surface area contributed by atoms with E-state index >= 15 is 0 Å². The van der Waals surface area contributed by atoms with Crippen molar-refractivity contribution in [3.8, 4) is 0 Å². The Morgan fingerprint density at radius 2 is 1.53 bits per heavy atom. The number of carbonyl (C=O) groups is 1. The first kappa shape index (κ1) is 19.8. The summed E-state index contributed by atoms with van der Waals surface area (Å²) in [5, 5.41) is 4.64. The van der Waals surface area contributed by atoms with Gasteiger partial charge in [0.05, 0.1) is 12.1 Å². The molecule has 0 saturated heterocycles. The molecule has 0 spiro atoms. The van der Waals surface area contributed by atoms with E-state index in [1.54, 1.807) is 10.6 Å². The van der Waals surface area contributed by atoms with Gasteiger partial charge in [0.15, 0.2) is 0 Å². The predicted molar refractivity (Wildman–Crippen MR) is 119 cm³/mol. The molecular formula is C23H21N3O3S. The molecule has 2 aromatic heterocycles. The fourth-order valence-electron chi connectivity index (χ4n) is 3.35. The second kappa shape index (κ2) is 8.92. The van der Waals surface area contributed by atoms with Gasteiger partial charge < -0.3 is 5.32 Å². The summed E-state index contributed by atoms with van der Waals surface area (Å²) in [6.07, 6.45) is 0.0597. The normalized spacial score (nSPS) is 10.9. The topological polar surface area (TPSA) is 73.1 Å². The summed E-state index contributed by atoms with van der Waals surface area (Å²) in [4.78, 5) is 38.2. The molecule has 4 rings (SSSR count). The van der Waals surface area contributed by atoms with Crippen LogP contribution in [0.3, 0.4) is 0 Å². The van der Waals surface area contributed by atoms with Gasteiger partial charge in [0.25, 0.3) is 5.56 Å². The Balaban J connectivity index is 1.55. The largest absolute Gasteiger partial charge is 0.352 e. The molecule has 1 amide bonds. The molecule has 152 valence electrons. The minimum absolute atomic E-state index is 0.0426. The van der Waals surface area contributed by atoms with E-state index in [1.807, 2.05) is 66.0 Å². The molecule has 0 aliphatic heterocycles. The van der Waals surface area contributed by atoms with Crippen LogP contribution in [-0.2, 0) is 24.4 Å². The molecule has 6 nitrogen and oxygen atoms in total. The van der Waals surface area contributed by atoms with Gasteiger partial charge in [0.1, 0.15) is 4.70 Å². The zero-order chi connectivity index (χ0) is 20.9. The molecule has 0 unspecified atom stereocenters. The van der Waals surface area contributed by atoms with Crippen molar-refractivity contribution in [3.05, 3.63) is 104 Å². The Kier molecular flexibility index (Phi) is 5.90. The van der Waals surface area contributed by atoms with Crippen LogP contribution in [0, 0.1) is 0 Å². The molecule has 30 heavy (non-hydrogen) atoms. The summed E-state index contributed by atoms with van der Waals surface area (Å²) >= 11 is 1.31. The van der Waals surface area contributed by atoms with Gasteiger partial charge in [-0.2, -0.15) is 0 Å². The first-order valence-corrected chi connectivity index (χ1v) is 10.6. The number of thiophene rings is 1. The average Bonchev–Trinajstić information content (AvgIpc) is 3.27. The van der Waals surface area contributed by atoms with Crippen molar-refractivity contribution >= 4 is 27.5 Å². The summed E-state index contributed by atoms with van der Waals surface area (Å²) < 4.78 is 3.30. The number of nitrogens with zero attached hydrogens (tertiary/aromatic N) is 2. The van der Waals surface area contributed by atoms with Gasteiger partial charge in [-0.05, 0) is 22.6 Å². The highest BCUT2D eigenvalue weighted by Gasteiger charge is 2.15. The molecule has 2 aromatic carbocycles. The van der Waals surface area contributed by atoms with E-state index in [0.29, 0.717) is 23.3 Å². The molecule has 4 aromatic rings. The maximum absolute atomic E-state index is 13.1. The van der Waals surface area contributed by atoms with Gasteiger partial charge in [-0.3, -0.25) is 18.7 Å². The number of aromatic nitrogens is 2. The number of amides is 1. The fourth-order valence-corrected chi connectivity index (χ4v) is 4.19. The summed E-state index contributed by atoms with van der Waals surface area (Å²) in [6, 6.07) is 21.0.